The number of nitrogens with one attached hydrogen (secondary N) is 1. The lowest BCUT2D eigenvalue weighted by molar-refractivity contribution is 0.157. The Morgan fingerprint density at radius 2 is 2.14 bits per heavy atom. The molecule has 1 N–H and O–H groups in total. The normalized spacial score (nSPS) is 16.6. The Bertz CT molecular complexity index is 881. The molecule has 6 nitrogen and oxygen atoms in total. The van der Waals surface area contributed by atoms with Crippen LogP contribution in [0.3, 0.4) is 0 Å². The number of hydrogen-bond acceptors (Lipinski definition) is 4. The average Bonchev–Trinajstić information content (AvgIpc) is 3.01. The van der Waals surface area contributed by atoms with Gasteiger partial charge in [0, 0.05) is 25.5 Å². The second-order valence-corrected chi connectivity index (χ2v) is 5.65. The molecular formula is C16H17N5O. The van der Waals surface area contributed by atoms with Crippen LogP contribution in [0.15, 0.2) is 41.5 Å². The van der Waals surface area contributed by atoms with Gasteiger partial charge in [0.05, 0.1) is 23.5 Å². The van der Waals surface area contributed by atoms with Gasteiger partial charge in [0.2, 0.25) is 0 Å². The Balaban J connectivity index is 1.69. The molecule has 1 aliphatic rings. The highest BCUT2D eigenvalue weighted by atomic mass is 16.1. The molecule has 112 valence electrons. The summed E-state index contributed by atoms with van der Waals surface area (Å²) in [5, 5.41) is 0.632. The number of para-hydroxylation sites is 1. The van der Waals surface area contributed by atoms with E-state index in [1.165, 1.54) is 0 Å². The summed E-state index contributed by atoms with van der Waals surface area (Å²) >= 11 is 0. The van der Waals surface area contributed by atoms with Crippen molar-refractivity contribution in [2.45, 2.75) is 26.1 Å². The quantitative estimate of drug-likeness (QED) is 0.781. The van der Waals surface area contributed by atoms with Crippen molar-refractivity contribution >= 4 is 10.9 Å². The van der Waals surface area contributed by atoms with E-state index in [0.717, 1.165) is 31.0 Å². The van der Waals surface area contributed by atoms with E-state index >= 15 is 0 Å². The monoisotopic (exact) mass is 295 g/mol. The second kappa shape index (κ2) is 5.06. The third kappa shape index (κ3) is 2.12. The smallest absolute Gasteiger partial charge is 0.258 e. The van der Waals surface area contributed by atoms with Gasteiger partial charge in [0.15, 0.2) is 0 Å². The van der Waals surface area contributed by atoms with Crippen molar-refractivity contribution < 1.29 is 0 Å². The van der Waals surface area contributed by atoms with Crippen LogP contribution in [0.2, 0.25) is 0 Å². The van der Waals surface area contributed by atoms with Gasteiger partial charge in [-0.25, -0.2) is 9.97 Å². The van der Waals surface area contributed by atoms with E-state index in [9.17, 15) is 4.79 Å². The van der Waals surface area contributed by atoms with Crippen molar-refractivity contribution in [3.05, 3.63) is 58.7 Å². The standard InChI is InChI=1S/C16H17N5O/c1-11(21-9-8-20-7-6-17-14(20)10-21)15-18-13-5-3-2-4-12(13)16(22)19-15/h2-7,11H,8-10H2,1H3,(H,18,19,22). The molecule has 22 heavy (non-hydrogen) atoms. The van der Waals surface area contributed by atoms with Crippen molar-refractivity contribution in [2.75, 3.05) is 6.54 Å². The Morgan fingerprint density at radius 3 is 3.05 bits per heavy atom. The lowest BCUT2D eigenvalue weighted by atomic mass is 10.2. The summed E-state index contributed by atoms with van der Waals surface area (Å²) in [5.41, 5.74) is 0.664. The van der Waals surface area contributed by atoms with E-state index in [1.54, 1.807) is 6.07 Å². The number of aromatic amines is 1. The molecule has 1 atom stereocenters. The number of fused-ring (bicyclic) bond motifs is 2. The number of aromatic nitrogens is 4. The van der Waals surface area contributed by atoms with E-state index in [0.29, 0.717) is 11.2 Å². The predicted octanol–water partition coefficient (Wildman–Crippen LogP) is 1.70. The third-order valence-corrected chi connectivity index (χ3v) is 4.35. The average molecular weight is 295 g/mol. The van der Waals surface area contributed by atoms with Crippen molar-refractivity contribution in [3.8, 4) is 0 Å². The minimum absolute atomic E-state index is 0.0442. The van der Waals surface area contributed by atoms with Crippen LogP contribution in [0.5, 0.6) is 0 Å². The molecule has 0 aliphatic carbocycles. The molecule has 0 saturated carbocycles. The number of rotatable bonds is 2. The van der Waals surface area contributed by atoms with Gasteiger partial charge < -0.3 is 9.55 Å². The molecule has 0 spiro atoms. The Morgan fingerprint density at radius 1 is 1.27 bits per heavy atom. The minimum atomic E-state index is -0.0778. The number of imidazole rings is 1. The first kappa shape index (κ1) is 13.2. The largest absolute Gasteiger partial charge is 0.333 e. The van der Waals surface area contributed by atoms with Crippen LogP contribution in [0.25, 0.3) is 10.9 Å². The molecule has 0 bridgehead atoms. The zero-order chi connectivity index (χ0) is 15.1. The third-order valence-electron chi connectivity index (χ3n) is 4.35. The van der Waals surface area contributed by atoms with Gasteiger partial charge >= 0.3 is 0 Å². The van der Waals surface area contributed by atoms with E-state index in [4.69, 9.17) is 0 Å². The van der Waals surface area contributed by atoms with Crippen LogP contribution in [0.1, 0.15) is 24.6 Å². The first-order chi connectivity index (χ1) is 10.7. The first-order valence-electron chi connectivity index (χ1n) is 7.45. The molecule has 1 aromatic carbocycles. The van der Waals surface area contributed by atoms with Crippen LogP contribution in [-0.2, 0) is 13.1 Å². The fourth-order valence-corrected chi connectivity index (χ4v) is 3.00. The van der Waals surface area contributed by atoms with Gasteiger partial charge in [-0.15, -0.1) is 0 Å². The zero-order valence-corrected chi connectivity index (χ0v) is 12.4. The topological polar surface area (TPSA) is 66.8 Å². The molecule has 0 saturated heterocycles. The van der Waals surface area contributed by atoms with Crippen molar-refractivity contribution in [1.82, 2.24) is 24.4 Å². The van der Waals surface area contributed by atoms with Crippen molar-refractivity contribution in [1.29, 1.82) is 0 Å². The van der Waals surface area contributed by atoms with E-state index in [2.05, 4.69) is 31.3 Å². The Kier molecular flexibility index (Phi) is 3.04. The minimum Gasteiger partial charge on any atom is -0.333 e. The fourth-order valence-electron chi connectivity index (χ4n) is 3.00. The number of nitrogens with zero attached hydrogens (tertiary/aromatic N) is 4. The van der Waals surface area contributed by atoms with Gasteiger partial charge in [-0.2, -0.15) is 0 Å². The van der Waals surface area contributed by atoms with Crippen LogP contribution in [0.4, 0.5) is 0 Å². The zero-order valence-electron chi connectivity index (χ0n) is 12.4. The summed E-state index contributed by atoms with van der Waals surface area (Å²) in [6.07, 6.45) is 3.84. The molecule has 0 fully saturated rings. The second-order valence-electron chi connectivity index (χ2n) is 5.65. The molecule has 0 radical (unpaired) electrons. The molecule has 3 aromatic rings. The lowest BCUT2D eigenvalue weighted by Crippen LogP contribution is -2.36. The number of benzene rings is 1. The van der Waals surface area contributed by atoms with Gasteiger partial charge in [-0.1, -0.05) is 12.1 Å². The Hall–Kier alpha value is -2.47. The van der Waals surface area contributed by atoms with E-state index in [1.807, 2.05) is 30.6 Å². The molecule has 6 heteroatoms. The van der Waals surface area contributed by atoms with Crippen LogP contribution >= 0.6 is 0 Å². The van der Waals surface area contributed by atoms with Crippen molar-refractivity contribution in [3.63, 3.8) is 0 Å². The highest BCUT2D eigenvalue weighted by Gasteiger charge is 2.24. The molecule has 3 heterocycles. The summed E-state index contributed by atoms with van der Waals surface area (Å²) in [7, 11) is 0. The highest BCUT2D eigenvalue weighted by Crippen LogP contribution is 2.22. The van der Waals surface area contributed by atoms with Crippen LogP contribution in [-0.4, -0.2) is 31.0 Å². The SMILES string of the molecule is CC(c1nc2ccccc2c(=O)[nH]1)N1CCn2ccnc2C1. The first-order valence-corrected chi connectivity index (χ1v) is 7.45. The summed E-state index contributed by atoms with van der Waals surface area (Å²) in [6, 6.07) is 7.48. The van der Waals surface area contributed by atoms with E-state index < -0.39 is 0 Å². The van der Waals surface area contributed by atoms with Gasteiger partial charge in [-0.3, -0.25) is 9.69 Å². The van der Waals surface area contributed by atoms with Gasteiger partial charge in [-0.05, 0) is 19.1 Å². The van der Waals surface area contributed by atoms with Crippen LogP contribution < -0.4 is 5.56 Å². The maximum atomic E-state index is 12.2. The summed E-state index contributed by atoms with van der Waals surface area (Å²) in [4.78, 5) is 26.4. The molecule has 1 unspecified atom stereocenters. The summed E-state index contributed by atoms with van der Waals surface area (Å²) < 4.78 is 2.17. The molecular weight excluding hydrogens is 278 g/mol. The van der Waals surface area contributed by atoms with E-state index in [-0.39, 0.29) is 11.6 Å². The molecule has 0 amide bonds. The maximum absolute atomic E-state index is 12.2. The van der Waals surface area contributed by atoms with Crippen molar-refractivity contribution in [2.24, 2.45) is 0 Å². The van der Waals surface area contributed by atoms with Gasteiger partial charge in [0.1, 0.15) is 11.6 Å². The number of H-pyrrole nitrogens is 1. The lowest BCUT2D eigenvalue weighted by Gasteiger charge is -2.32. The summed E-state index contributed by atoms with van der Waals surface area (Å²) in [6.45, 7) is 4.68. The predicted molar refractivity (Wildman–Crippen MR) is 83.4 cm³/mol. The maximum Gasteiger partial charge on any atom is 0.258 e. The Labute approximate surface area is 127 Å². The molecule has 1 aliphatic heterocycles. The van der Waals surface area contributed by atoms with Gasteiger partial charge in [0.25, 0.3) is 5.56 Å². The highest BCUT2D eigenvalue weighted by molar-refractivity contribution is 5.77. The molecule has 2 aromatic heterocycles. The molecule has 4 rings (SSSR count). The van der Waals surface area contributed by atoms with Crippen LogP contribution in [0, 0.1) is 0 Å². The number of hydrogen-bond donors (Lipinski definition) is 1. The fraction of sp³-hybridized carbons (Fsp3) is 0.312. The summed E-state index contributed by atoms with van der Waals surface area (Å²) in [5.74, 6) is 1.77.